The summed E-state index contributed by atoms with van der Waals surface area (Å²) in [5.74, 6) is 0.619. The highest BCUT2D eigenvalue weighted by Gasteiger charge is 2.36. The van der Waals surface area contributed by atoms with E-state index in [0.717, 1.165) is 25.2 Å². The van der Waals surface area contributed by atoms with Crippen LogP contribution in [0.4, 0.5) is 5.69 Å². The molecule has 1 aliphatic rings. The highest BCUT2D eigenvalue weighted by atomic mass is 16.2. The first-order valence-electron chi connectivity index (χ1n) is 7.10. The lowest BCUT2D eigenvalue weighted by Gasteiger charge is -2.30. The molecule has 3 nitrogen and oxygen atoms in total. The van der Waals surface area contributed by atoms with Gasteiger partial charge in [-0.25, -0.2) is 0 Å². The molecule has 1 amide bonds. The fraction of sp³-hybridized carbons (Fsp3) is 0.562. The van der Waals surface area contributed by atoms with E-state index in [0.29, 0.717) is 5.92 Å². The summed E-state index contributed by atoms with van der Waals surface area (Å²) in [5, 5.41) is 3.37. The minimum Gasteiger partial charge on any atom is -0.310 e. The zero-order chi connectivity index (χ0) is 14.0. The number of hydrogen-bond donors (Lipinski definition) is 1. The Hall–Kier alpha value is -1.35. The molecule has 1 fully saturated rings. The summed E-state index contributed by atoms with van der Waals surface area (Å²) in [5.41, 5.74) is 1.81. The Morgan fingerprint density at radius 3 is 2.74 bits per heavy atom. The van der Waals surface area contributed by atoms with Crippen LogP contribution in [0.2, 0.25) is 0 Å². The van der Waals surface area contributed by atoms with Crippen molar-refractivity contribution in [1.29, 1.82) is 0 Å². The van der Waals surface area contributed by atoms with Crippen LogP contribution in [0.3, 0.4) is 0 Å². The second kappa shape index (κ2) is 5.33. The van der Waals surface area contributed by atoms with E-state index in [1.54, 1.807) is 0 Å². The van der Waals surface area contributed by atoms with Crippen molar-refractivity contribution in [3.05, 3.63) is 29.8 Å². The molecule has 1 N–H and O–H groups in total. The van der Waals surface area contributed by atoms with Gasteiger partial charge in [0.25, 0.3) is 0 Å². The van der Waals surface area contributed by atoms with E-state index in [9.17, 15) is 4.79 Å². The number of anilines is 1. The largest absolute Gasteiger partial charge is 0.310 e. The van der Waals surface area contributed by atoms with Crippen molar-refractivity contribution in [2.75, 3.05) is 18.0 Å². The number of aryl methyl sites for hydroxylation is 1. The first kappa shape index (κ1) is 14.1. The first-order valence-corrected chi connectivity index (χ1v) is 7.10. The monoisotopic (exact) mass is 260 g/mol. The predicted molar refractivity (Wildman–Crippen MR) is 79.4 cm³/mol. The van der Waals surface area contributed by atoms with Gasteiger partial charge in [0.1, 0.15) is 0 Å². The predicted octanol–water partition coefficient (Wildman–Crippen LogP) is 2.60. The maximum atomic E-state index is 12.7. The van der Waals surface area contributed by atoms with Gasteiger partial charge in [0.05, 0.1) is 5.54 Å². The van der Waals surface area contributed by atoms with Crippen LogP contribution in [0.15, 0.2) is 24.3 Å². The smallest absolute Gasteiger partial charge is 0.246 e. The van der Waals surface area contributed by atoms with Crippen LogP contribution in [-0.4, -0.2) is 24.5 Å². The molecule has 3 heteroatoms. The summed E-state index contributed by atoms with van der Waals surface area (Å²) in [6.07, 6.45) is 0.947. The third kappa shape index (κ3) is 2.81. The van der Waals surface area contributed by atoms with E-state index in [2.05, 4.69) is 31.3 Å². The number of para-hydroxylation sites is 1. The molecule has 0 aliphatic carbocycles. The molecular weight excluding hydrogens is 236 g/mol. The fourth-order valence-corrected chi connectivity index (χ4v) is 2.58. The molecule has 0 bridgehead atoms. The van der Waals surface area contributed by atoms with Gasteiger partial charge in [0.2, 0.25) is 5.91 Å². The van der Waals surface area contributed by atoms with Gasteiger partial charge in [-0.2, -0.15) is 0 Å². The minimum atomic E-state index is -0.494. The summed E-state index contributed by atoms with van der Waals surface area (Å²) >= 11 is 0. The highest BCUT2D eigenvalue weighted by Crippen LogP contribution is 2.26. The van der Waals surface area contributed by atoms with E-state index < -0.39 is 5.54 Å². The molecule has 1 aromatic rings. The topological polar surface area (TPSA) is 32.3 Å². The lowest BCUT2D eigenvalue weighted by molar-refractivity contribution is -0.123. The minimum absolute atomic E-state index is 0.165. The summed E-state index contributed by atoms with van der Waals surface area (Å²) < 4.78 is 0. The summed E-state index contributed by atoms with van der Waals surface area (Å²) in [4.78, 5) is 14.7. The Morgan fingerprint density at radius 1 is 1.37 bits per heavy atom. The Bertz CT molecular complexity index is 468. The number of nitrogens with one attached hydrogen (secondary N) is 1. The molecule has 1 aromatic carbocycles. The third-order valence-electron chi connectivity index (χ3n) is 3.83. The van der Waals surface area contributed by atoms with Crippen molar-refractivity contribution in [2.24, 2.45) is 5.92 Å². The molecule has 0 aromatic heterocycles. The third-order valence-corrected chi connectivity index (χ3v) is 3.83. The number of rotatable bonds is 2. The van der Waals surface area contributed by atoms with E-state index in [1.165, 1.54) is 5.56 Å². The van der Waals surface area contributed by atoms with Crippen LogP contribution in [0.25, 0.3) is 0 Å². The maximum Gasteiger partial charge on any atom is 0.246 e. The summed E-state index contributed by atoms with van der Waals surface area (Å²) in [6.45, 7) is 9.91. The average molecular weight is 260 g/mol. The number of nitrogens with zero attached hydrogens (tertiary/aromatic N) is 1. The Kier molecular flexibility index (Phi) is 3.95. The summed E-state index contributed by atoms with van der Waals surface area (Å²) in [7, 11) is 0. The Balaban J connectivity index is 2.42. The highest BCUT2D eigenvalue weighted by molar-refractivity contribution is 6.00. The van der Waals surface area contributed by atoms with Crippen molar-refractivity contribution in [2.45, 2.75) is 39.7 Å². The molecule has 1 heterocycles. The molecule has 1 atom stereocenters. The summed E-state index contributed by atoms with van der Waals surface area (Å²) in [6, 6.07) is 8.22. The molecule has 1 aliphatic heterocycles. The Labute approximate surface area is 116 Å². The molecule has 0 spiro atoms. The molecule has 0 saturated carbocycles. The van der Waals surface area contributed by atoms with Crippen LogP contribution < -0.4 is 10.2 Å². The van der Waals surface area contributed by atoms with E-state index in [1.807, 2.05) is 30.9 Å². The molecule has 1 unspecified atom stereocenters. The lowest BCUT2D eigenvalue weighted by atomic mass is 10.0. The van der Waals surface area contributed by atoms with Gasteiger partial charge in [-0.1, -0.05) is 32.0 Å². The van der Waals surface area contributed by atoms with Gasteiger partial charge in [-0.05, 0) is 37.8 Å². The van der Waals surface area contributed by atoms with E-state index in [-0.39, 0.29) is 5.91 Å². The normalized spacial score (nSPS) is 23.3. The second-order valence-electron chi connectivity index (χ2n) is 6.01. The molecule has 104 valence electrons. The van der Waals surface area contributed by atoms with Gasteiger partial charge < -0.3 is 10.2 Å². The van der Waals surface area contributed by atoms with Crippen LogP contribution in [0.5, 0.6) is 0 Å². The Morgan fingerprint density at radius 2 is 2.05 bits per heavy atom. The zero-order valence-electron chi connectivity index (χ0n) is 12.4. The van der Waals surface area contributed by atoms with Gasteiger partial charge in [-0.3, -0.25) is 4.79 Å². The van der Waals surface area contributed by atoms with Crippen LogP contribution >= 0.6 is 0 Å². The van der Waals surface area contributed by atoms with Crippen molar-refractivity contribution in [3.8, 4) is 0 Å². The van der Waals surface area contributed by atoms with Crippen molar-refractivity contribution in [3.63, 3.8) is 0 Å². The van der Waals surface area contributed by atoms with Crippen molar-refractivity contribution in [1.82, 2.24) is 5.32 Å². The van der Waals surface area contributed by atoms with Crippen LogP contribution in [-0.2, 0) is 11.2 Å². The second-order valence-corrected chi connectivity index (χ2v) is 6.01. The maximum absolute atomic E-state index is 12.7. The van der Waals surface area contributed by atoms with Crippen molar-refractivity contribution < 1.29 is 4.79 Å². The lowest BCUT2D eigenvalue weighted by Crippen LogP contribution is -2.52. The number of hydrogen-bond acceptors (Lipinski definition) is 2. The van der Waals surface area contributed by atoms with Gasteiger partial charge in [0, 0.05) is 18.8 Å². The van der Waals surface area contributed by atoms with Gasteiger partial charge in [0.15, 0.2) is 0 Å². The molecular formula is C16H24N2O. The molecule has 2 rings (SSSR count). The SMILES string of the molecule is CCc1ccccc1N1CC(C)CNC(C)(C)C1=O. The van der Waals surface area contributed by atoms with E-state index in [4.69, 9.17) is 0 Å². The number of amides is 1. The molecule has 19 heavy (non-hydrogen) atoms. The average Bonchev–Trinajstić information content (AvgIpc) is 2.50. The fourth-order valence-electron chi connectivity index (χ4n) is 2.58. The van der Waals surface area contributed by atoms with Crippen molar-refractivity contribution >= 4 is 11.6 Å². The number of benzene rings is 1. The van der Waals surface area contributed by atoms with Crippen LogP contribution in [0.1, 0.15) is 33.3 Å². The van der Waals surface area contributed by atoms with Crippen LogP contribution in [0, 0.1) is 5.92 Å². The number of carbonyl (C=O) groups excluding carboxylic acids is 1. The first-order chi connectivity index (χ1) is 8.95. The standard InChI is InChI=1S/C16H24N2O/c1-5-13-8-6-7-9-14(13)18-11-12(2)10-17-16(3,4)15(18)19/h6-9,12,17H,5,10-11H2,1-4H3. The quantitative estimate of drug-likeness (QED) is 0.886. The van der Waals surface area contributed by atoms with Gasteiger partial charge in [-0.15, -0.1) is 0 Å². The zero-order valence-corrected chi connectivity index (χ0v) is 12.4. The van der Waals surface area contributed by atoms with Gasteiger partial charge >= 0.3 is 0 Å². The van der Waals surface area contributed by atoms with E-state index >= 15 is 0 Å². The number of carbonyl (C=O) groups is 1. The molecule has 1 saturated heterocycles. The molecule has 0 radical (unpaired) electrons.